The minimum atomic E-state index is -4.22. The molecule has 1 aliphatic heterocycles. The summed E-state index contributed by atoms with van der Waals surface area (Å²) in [7, 11) is -4.22. The molecule has 0 saturated heterocycles. The van der Waals surface area contributed by atoms with Crippen LogP contribution in [-0.2, 0) is 14.8 Å². The number of nitrogens with zero attached hydrogens (tertiary/aromatic N) is 1. The Morgan fingerprint density at radius 2 is 1.73 bits per heavy atom. The zero-order chi connectivity index (χ0) is 23.6. The lowest BCUT2D eigenvalue weighted by atomic mass is 10.2. The number of carbonyl (C=O) groups is 1. The number of ether oxygens (including phenoxy) is 2. The summed E-state index contributed by atoms with van der Waals surface area (Å²) in [4.78, 5) is 12.8. The van der Waals surface area contributed by atoms with Crippen molar-refractivity contribution < 1.29 is 27.1 Å². The van der Waals surface area contributed by atoms with E-state index in [1.807, 2.05) is 0 Å². The van der Waals surface area contributed by atoms with Crippen molar-refractivity contribution in [3.63, 3.8) is 0 Å². The van der Waals surface area contributed by atoms with E-state index < -0.39 is 28.3 Å². The first-order valence-electron chi connectivity index (χ1n) is 9.98. The van der Waals surface area contributed by atoms with Gasteiger partial charge < -0.3 is 14.8 Å². The number of hydrogen-bond acceptors (Lipinski definition) is 5. The predicted molar refractivity (Wildman–Crippen MR) is 123 cm³/mol. The third kappa shape index (κ3) is 5.04. The molecule has 0 aromatic heterocycles. The molecule has 0 fully saturated rings. The van der Waals surface area contributed by atoms with Crippen molar-refractivity contribution in [3.8, 4) is 11.5 Å². The highest BCUT2D eigenvalue weighted by atomic mass is 35.5. The van der Waals surface area contributed by atoms with E-state index in [0.29, 0.717) is 35.4 Å². The van der Waals surface area contributed by atoms with Crippen molar-refractivity contribution in [2.24, 2.45) is 0 Å². The molecule has 1 N–H and O–H groups in total. The molecule has 7 nitrogen and oxygen atoms in total. The molecule has 0 radical (unpaired) electrons. The molecule has 1 aliphatic rings. The van der Waals surface area contributed by atoms with Crippen LogP contribution in [0, 0.1) is 12.7 Å². The number of aryl methyl sites for hydroxylation is 1. The number of sulfonamides is 1. The molecule has 172 valence electrons. The Labute approximate surface area is 195 Å². The zero-order valence-corrected chi connectivity index (χ0v) is 19.1. The maximum atomic E-state index is 13.5. The summed E-state index contributed by atoms with van der Waals surface area (Å²) in [6.45, 7) is 1.90. The maximum Gasteiger partial charge on any atom is 0.264 e. The van der Waals surface area contributed by atoms with Gasteiger partial charge in [-0.05, 0) is 61.0 Å². The topological polar surface area (TPSA) is 84.9 Å². The first-order valence-corrected chi connectivity index (χ1v) is 11.8. The van der Waals surface area contributed by atoms with Crippen molar-refractivity contribution in [2.75, 3.05) is 29.4 Å². The molecule has 3 aromatic carbocycles. The van der Waals surface area contributed by atoms with Crippen molar-refractivity contribution in [2.45, 2.75) is 11.8 Å². The lowest BCUT2D eigenvalue weighted by molar-refractivity contribution is -0.114. The van der Waals surface area contributed by atoms with Gasteiger partial charge in [-0.15, -0.1) is 0 Å². The van der Waals surface area contributed by atoms with Gasteiger partial charge in [-0.2, -0.15) is 0 Å². The van der Waals surface area contributed by atoms with Gasteiger partial charge in [0.25, 0.3) is 10.0 Å². The van der Waals surface area contributed by atoms with Crippen LogP contribution in [0.25, 0.3) is 0 Å². The minimum Gasteiger partial charge on any atom is -0.486 e. The van der Waals surface area contributed by atoms with Crippen LogP contribution in [0.2, 0.25) is 5.02 Å². The number of halogens is 2. The quantitative estimate of drug-likeness (QED) is 0.554. The summed E-state index contributed by atoms with van der Waals surface area (Å²) in [6, 6.07) is 14.1. The Hall–Kier alpha value is -3.30. The van der Waals surface area contributed by atoms with Crippen LogP contribution in [0.15, 0.2) is 65.6 Å². The number of rotatable bonds is 6. The first-order chi connectivity index (χ1) is 15.7. The summed E-state index contributed by atoms with van der Waals surface area (Å²) in [6.07, 6.45) is 0. The van der Waals surface area contributed by atoms with Crippen LogP contribution in [0.5, 0.6) is 11.5 Å². The highest BCUT2D eigenvalue weighted by molar-refractivity contribution is 7.92. The van der Waals surface area contributed by atoms with Crippen LogP contribution >= 0.6 is 11.6 Å². The normalized spacial score (nSPS) is 12.8. The molecule has 33 heavy (non-hydrogen) atoms. The fourth-order valence-corrected chi connectivity index (χ4v) is 4.89. The molecule has 0 saturated carbocycles. The van der Waals surface area contributed by atoms with Crippen LogP contribution in [0.4, 0.5) is 15.8 Å². The summed E-state index contributed by atoms with van der Waals surface area (Å²) in [5.74, 6) is -0.400. The Kier molecular flexibility index (Phi) is 6.44. The van der Waals surface area contributed by atoms with Crippen molar-refractivity contribution in [3.05, 3.63) is 77.1 Å². The summed E-state index contributed by atoms with van der Waals surface area (Å²) < 4.78 is 52.5. The van der Waals surface area contributed by atoms with Gasteiger partial charge in [0.2, 0.25) is 5.91 Å². The van der Waals surface area contributed by atoms with E-state index in [0.717, 1.165) is 22.0 Å². The number of nitrogens with one attached hydrogen (secondary N) is 1. The molecule has 0 aliphatic carbocycles. The first kappa shape index (κ1) is 22.9. The van der Waals surface area contributed by atoms with Crippen molar-refractivity contribution in [1.29, 1.82) is 0 Å². The lowest BCUT2D eigenvalue weighted by Crippen LogP contribution is -2.38. The number of anilines is 2. The van der Waals surface area contributed by atoms with Gasteiger partial charge in [0.05, 0.1) is 10.6 Å². The molecule has 0 bridgehead atoms. The molecule has 1 heterocycles. The number of benzene rings is 3. The predicted octanol–water partition coefficient (Wildman–Crippen LogP) is 4.39. The maximum absolute atomic E-state index is 13.5. The Balaban J connectivity index is 1.68. The number of carbonyl (C=O) groups excluding carboxylic acids is 1. The van der Waals surface area contributed by atoms with E-state index in [2.05, 4.69) is 5.32 Å². The van der Waals surface area contributed by atoms with Gasteiger partial charge in [0, 0.05) is 16.8 Å². The second-order valence-corrected chi connectivity index (χ2v) is 9.60. The number of hydrogen-bond donors (Lipinski definition) is 1. The number of fused-ring (bicyclic) bond motifs is 1. The standard InChI is InChI=1S/C23H20ClFN2O5S/c1-15-2-3-16(24)12-20(15)26-23(28)14-27(18-6-4-17(25)5-7-18)33(29,30)19-8-9-21-22(13-19)32-11-10-31-21/h2-9,12-13H,10-11,14H2,1H3,(H,26,28). The smallest absolute Gasteiger partial charge is 0.264 e. The molecule has 0 unspecified atom stereocenters. The molecular formula is C23H20ClFN2O5S. The van der Waals surface area contributed by atoms with E-state index in [9.17, 15) is 17.6 Å². The van der Waals surface area contributed by atoms with Gasteiger partial charge in [-0.25, -0.2) is 12.8 Å². The van der Waals surface area contributed by atoms with E-state index in [4.69, 9.17) is 21.1 Å². The summed E-state index contributed by atoms with van der Waals surface area (Å²) >= 11 is 6.01. The van der Waals surface area contributed by atoms with Gasteiger partial charge in [0.15, 0.2) is 11.5 Å². The number of amides is 1. The van der Waals surface area contributed by atoms with Crippen LogP contribution in [0.3, 0.4) is 0 Å². The molecule has 1 amide bonds. The Morgan fingerprint density at radius 3 is 2.45 bits per heavy atom. The molecule has 4 rings (SSSR count). The molecular weight excluding hydrogens is 471 g/mol. The van der Waals surface area contributed by atoms with Gasteiger partial charge in [-0.3, -0.25) is 9.10 Å². The van der Waals surface area contributed by atoms with Crippen LogP contribution in [0.1, 0.15) is 5.56 Å². The third-order valence-electron chi connectivity index (χ3n) is 4.98. The fraction of sp³-hybridized carbons (Fsp3) is 0.174. The van der Waals surface area contributed by atoms with Crippen molar-refractivity contribution >= 4 is 38.9 Å². The molecule has 0 atom stereocenters. The fourth-order valence-electron chi connectivity index (χ4n) is 3.28. The summed E-state index contributed by atoms with van der Waals surface area (Å²) in [5.41, 5.74) is 1.35. The highest BCUT2D eigenvalue weighted by Gasteiger charge is 2.29. The van der Waals surface area contributed by atoms with Gasteiger partial charge in [-0.1, -0.05) is 17.7 Å². The summed E-state index contributed by atoms with van der Waals surface area (Å²) in [5, 5.41) is 3.11. The van der Waals surface area contributed by atoms with Gasteiger partial charge in [0.1, 0.15) is 25.6 Å². The average Bonchev–Trinajstić information content (AvgIpc) is 2.80. The second kappa shape index (κ2) is 9.29. The molecule has 0 spiro atoms. The Bertz CT molecular complexity index is 1300. The second-order valence-electron chi connectivity index (χ2n) is 7.30. The largest absolute Gasteiger partial charge is 0.486 e. The highest BCUT2D eigenvalue weighted by Crippen LogP contribution is 2.34. The Morgan fingerprint density at radius 1 is 1.03 bits per heavy atom. The van der Waals surface area contributed by atoms with E-state index in [-0.39, 0.29) is 10.6 Å². The van der Waals surface area contributed by atoms with Crippen LogP contribution in [-0.4, -0.2) is 34.1 Å². The minimum absolute atomic E-state index is 0.0946. The van der Waals surface area contributed by atoms with E-state index >= 15 is 0 Å². The molecule has 3 aromatic rings. The zero-order valence-electron chi connectivity index (χ0n) is 17.5. The SMILES string of the molecule is Cc1ccc(Cl)cc1NC(=O)CN(c1ccc(F)cc1)S(=O)(=O)c1ccc2c(c1)OCCO2. The van der Waals surface area contributed by atoms with Crippen molar-refractivity contribution in [1.82, 2.24) is 0 Å². The molecule has 10 heteroatoms. The average molecular weight is 491 g/mol. The van der Waals surface area contributed by atoms with Crippen LogP contribution < -0.4 is 19.1 Å². The van der Waals surface area contributed by atoms with E-state index in [1.165, 1.54) is 30.3 Å². The monoisotopic (exact) mass is 490 g/mol. The van der Waals surface area contributed by atoms with Gasteiger partial charge >= 0.3 is 0 Å². The lowest BCUT2D eigenvalue weighted by Gasteiger charge is -2.25. The van der Waals surface area contributed by atoms with E-state index in [1.54, 1.807) is 25.1 Å². The third-order valence-corrected chi connectivity index (χ3v) is 6.98.